The fraction of sp³-hybridized carbons (Fsp3) is 0.143. The molecule has 0 spiro atoms. The molecular formula is C14H13N7OS2. The first-order valence-electron chi connectivity index (χ1n) is 7.03. The van der Waals surface area contributed by atoms with Crippen molar-refractivity contribution in [3.05, 3.63) is 42.2 Å². The van der Waals surface area contributed by atoms with Gasteiger partial charge in [-0.15, -0.1) is 15.3 Å². The van der Waals surface area contributed by atoms with Crippen LogP contribution >= 0.6 is 23.1 Å². The first-order chi connectivity index (χ1) is 11.7. The molecule has 8 nitrogen and oxygen atoms in total. The molecule has 24 heavy (non-hydrogen) atoms. The minimum Gasteiger partial charge on any atom is -0.297 e. The second-order valence-electron chi connectivity index (χ2n) is 4.48. The molecule has 2 aromatic heterocycles. The lowest BCUT2D eigenvalue weighted by atomic mass is 10.2. The first kappa shape index (κ1) is 16.3. The van der Waals surface area contributed by atoms with Crippen LogP contribution in [-0.4, -0.2) is 42.1 Å². The van der Waals surface area contributed by atoms with Crippen molar-refractivity contribution in [3.63, 3.8) is 0 Å². The number of anilines is 1. The molecule has 0 aliphatic carbocycles. The smallest absolute Gasteiger partial charge is 0.250 e. The molecule has 0 saturated carbocycles. The summed E-state index contributed by atoms with van der Waals surface area (Å²) in [5.74, 6) is 0.659. The maximum atomic E-state index is 12.0. The van der Waals surface area contributed by atoms with E-state index in [1.54, 1.807) is 22.5 Å². The highest BCUT2D eigenvalue weighted by Crippen LogP contribution is 2.24. The van der Waals surface area contributed by atoms with Crippen LogP contribution < -0.4 is 5.32 Å². The van der Waals surface area contributed by atoms with Crippen molar-refractivity contribution in [2.24, 2.45) is 0 Å². The van der Waals surface area contributed by atoms with Gasteiger partial charge in [0.05, 0.1) is 5.69 Å². The fourth-order valence-corrected chi connectivity index (χ4v) is 3.46. The summed E-state index contributed by atoms with van der Waals surface area (Å²) in [4.78, 5) is 12.0. The molecule has 1 amide bonds. The quantitative estimate of drug-likeness (QED) is 0.409. The standard InChI is InChI=1S/C14H13N7OS2/c1-2-23-14-18-17-13(24-14)16-12(22)7-6-10-4-3-5-11(8-10)21-9-15-19-20-21/h3-9H,2H2,1H3,(H,16,17,22)/b7-6+. The highest BCUT2D eigenvalue weighted by molar-refractivity contribution is 8.01. The Balaban J connectivity index is 1.64. The number of hydrogen-bond donors (Lipinski definition) is 1. The Morgan fingerprint density at radius 2 is 2.33 bits per heavy atom. The first-order valence-corrected chi connectivity index (χ1v) is 8.83. The number of carbonyl (C=O) groups is 1. The molecule has 10 heteroatoms. The largest absolute Gasteiger partial charge is 0.297 e. The summed E-state index contributed by atoms with van der Waals surface area (Å²) in [5, 5.41) is 22.1. The summed E-state index contributed by atoms with van der Waals surface area (Å²) in [6.07, 6.45) is 4.68. The number of nitrogens with one attached hydrogen (secondary N) is 1. The molecule has 0 fully saturated rings. The zero-order chi connectivity index (χ0) is 16.8. The van der Waals surface area contributed by atoms with E-state index in [2.05, 4.69) is 31.0 Å². The molecule has 0 radical (unpaired) electrons. The van der Waals surface area contributed by atoms with Gasteiger partial charge in [-0.2, -0.15) is 0 Å². The van der Waals surface area contributed by atoms with Gasteiger partial charge >= 0.3 is 0 Å². The number of benzene rings is 1. The third-order valence-electron chi connectivity index (χ3n) is 2.82. The molecule has 2 heterocycles. The molecule has 0 bridgehead atoms. The summed E-state index contributed by atoms with van der Waals surface area (Å²) in [6.45, 7) is 2.04. The SMILES string of the molecule is CCSc1nnc(NC(=O)/C=C/c2cccc(-n3cnnn3)c2)s1. The predicted octanol–water partition coefficient (Wildman–Crippen LogP) is 2.28. The van der Waals surface area contributed by atoms with Crippen LogP contribution in [0, 0.1) is 0 Å². The van der Waals surface area contributed by atoms with Crippen LogP contribution in [0.3, 0.4) is 0 Å². The van der Waals surface area contributed by atoms with Gasteiger partial charge in [0, 0.05) is 6.08 Å². The van der Waals surface area contributed by atoms with Gasteiger partial charge < -0.3 is 0 Å². The van der Waals surface area contributed by atoms with Crippen LogP contribution in [0.4, 0.5) is 5.13 Å². The Bertz CT molecular complexity index is 844. The van der Waals surface area contributed by atoms with E-state index < -0.39 is 0 Å². The number of aromatic nitrogens is 6. The third kappa shape index (κ3) is 4.24. The van der Waals surface area contributed by atoms with Gasteiger partial charge in [-0.1, -0.05) is 42.2 Å². The highest BCUT2D eigenvalue weighted by atomic mass is 32.2. The van der Waals surface area contributed by atoms with E-state index in [9.17, 15) is 4.79 Å². The van der Waals surface area contributed by atoms with Crippen LogP contribution in [0.1, 0.15) is 12.5 Å². The van der Waals surface area contributed by atoms with Gasteiger partial charge in [-0.3, -0.25) is 10.1 Å². The number of nitrogens with zero attached hydrogens (tertiary/aromatic N) is 6. The predicted molar refractivity (Wildman–Crippen MR) is 93.1 cm³/mol. The topological polar surface area (TPSA) is 98.5 Å². The lowest BCUT2D eigenvalue weighted by molar-refractivity contribution is -0.111. The van der Waals surface area contributed by atoms with E-state index >= 15 is 0 Å². The number of hydrogen-bond acceptors (Lipinski definition) is 8. The summed E-state index contributed by atoms with van der Waals surface area (Å²) < 4.78 is 2.39. The van der Waals surface area contributed by atoms with Gasteiger partial charge in [0.25, 0.3) is 0 Å². The zero-order valence-electron chi connectivity index (χ0n) is 12.7. The minimum absolute atomic E-state index is 0.257. The molecule has 3 aromatic rings. The number of amides is 1. The van der Waals surface area contributed by atoms with Crippen molar-refractivity contribution in [1.29, 1.82) is 0 Å². The Morgan fingerprint density at radius 3 is 3.12 bits per heavy atom. The average molecular weight is 359 g/mol. The van der Waals surface area contributed by atoms with Gasteiger partial charge in [0.2, 0.25) is 11.0 Å². The Kier molecular flexibility index (Phi) is 5.29. The van der Waals surface area contributed by atoms with Gasteiger partial charge in [0.1, 0.15) is 6.33 Å². The molecule has 0 aliphatic heterocycles. The molecular weight excluding hydrogens is 346 g/mol. The monoisotopic (exact) mass is 359 g/mol. The van der Waals surface area contributed by atoms with E-state index in [4.69, 9.17) is 0 Å². The van der Waals surface area contributed by atoms with E-state index in [1.807, 2.05) is 31.2 Å². The van der Waals surface area contributed by atoms with E-state index in [1.165, 1.54) is 23.7 Å². The number of tetrazole rings is 1. The van der Waals surface area contributed by atoms with Crippen molar-refractivity contribution in [2.75, 3.05) is 11.1 Å². The van der Waals surface area contributed by atoms with Crippen LogP contribution in [0.5, 0.6) is 0 Å². The average Bonchev–Trinajstić information content (AvgIpc) is 3.26. The Hall–Kier alpha value is -2.59. The summed E-state index contributed by atoms with van der Waals surface area (Å²) >= 11 is 2.95. The maximum Gasteiger partial charge on any atom is 0.250 e. The van der Waals surface area contributed by atoms with Crippen LogP contribution in [-0.2, 0) is 4.79 Å². The maximum absolute atomic E-state index is 12.0. The van der Waals surface area contributed by atoms with Crippen LogP contribution in [0.15, 0.2) is 41.0 Å². The van der Waals surface area contributed by atoms with E-state index in [-0.39, 0.29) is 5.91 Å². The van der Waals surface area contributed by atoms with Crippen molar-refractivity contribution >= 4 is 40.2 Å². The van der Waals surface area contributed by atoms with Gasteiger partial charge in [-0.25, -0.2) is 4.68 Å². The molecule has 3 rings (SSSR count). The van der Waals surface area contributed by atoms with Gasteiger partial charge in [0.15, 0.2) is 4.34 Å². The fourth-order valence-electron chi connectivity index (χ4n) is 1.81. The van der Waals surface area contributed by atoms with Crippen molar-refractivity contribution in [3.8, 4) is 5.69 Å². The zero-order valence-corrected chi connectivity index (χ0v) is 14.3. The van der Waals surface area contributed by atoms with Gasteiger partial charge in [-0.05, 0) is 40.0 Å². The third-order valence-corrected chi connectivity index (χ3v) is 4.67. The summed E-state index contributed by atoms with van der Waals surface area (Å²) in [7, 11) is 0. The summed E-state index contributed by atoms with van der Waals surface area (Å²) in [5.41, 5.74) is 1.67. The van der Waals surface area contributed by atoms with Crippen LogP contribution in [0.25, 0.3) is 11.8 Å². The lowest BCUT2D eigenvalue weighted by Crippen LogP contribution is -2.07. The van der Waals surface area contributed by atoms with Crippen molar-refractivity contribution in [1.82, 2.24) is 30.4 Å². The molecule has 0 unspecified atom stereocenters. The second kappa shape index (κ2) is 7.79. The molecule has 1 aromatic carbocycles. The van der Waals surface area contributed by atoms with E-state index in [0.717, 1.165) is 21.3 Å². The molecule has 1 N–H and O–H groups in total. The Labute approximate surface area is 146 Å². The normalized spacial score (nSPS) is 11.0. The second-order valence-corrected chi connectivity index (χ2v) is 6.97. The number of thioether (sulfide) groups is 1. The molecule has 0 aliphatic rings. The number of carbonyl (C=O) groups excluding carboxylic acids is 1. The Morgan fingerprint density at radius 1 is 1.42 bits per heavy atom. The summed E-state index contributed by atoms with van der Waals surface area (Å²) in [6, 6.07) is 7.51. The lowest BCUT2D eigenvalue weighted by Gasteiger charge is -2.00. The minimum atomic E-state index is -0.257. The van der Waals surface area contributed by atoms with E-state index in [0.29, 0.717) is 5.13 Å². The van der Waals surface area contributed by atoms with Crippen LogP contribution in [0.2, 0.25) is 0 Å². The highest BCUT2D eigenvalue weighted by Gasteiger charge is 2.06. The number of rotatable bonds is 6. The molecule has 0 saturated heterocycles. The molecule has 0 atom stereocenters. The van der Waals surface area contributed by atoms with Crippen molar-refractivity contribution in [2.45, 2.75) is 11.3 Å². The van der Waals surface area contributed by atoms with Crippen molar-refractivity contribution < 1.29 is 4.79 Å². The molecule has 122 valence electrons.